The summed E-state index contributed by atoms with van der Waals surface area (Å²) >= 11 is 0. The lowest BCUT2D eigenvalue weighted by molar-refractivity contribution is 0.0797. The van der Waals surface area contributed by atoms with E-state index in [1.807, 2.05) is 24.6 Å². The van der Waals surface area contributed by atoms with Crippen molar-refractivity contribution in [1.82, 2.24) is 9.78 Å². The van der Waals surface area contributed by atoms with Crippen LogP contribution in [0.25, 0.3) is 0 Å². The van der Waals surface area contributed by atoms with Crippen LogP contribution in [-0.4, -0.2) is 21.4 Å². The van der Waals surface area contributed by atoms with Gasteiger partial charge in [-0.3, -0.25) is 0 Å². The zero-order valence-corrected chi connectivity index (χ0v) is 8.03. The van der Waals surface area contributed by atoms with Crippen LogP contribution in [0.1, 0.15) is 20.3 Å². The van der Waals surface area contributed by atoms with Gasteiger partial charge in [0.25, 0.3) is 0 Å². The van der Waals surface area contributed by atoms with Gasteiger partial charge < -0.3 is 10.5 Å². The highest BCUT2D eigenvalue weighted by Gasteiger charge is 2.32. The lowest BCUT2D eigenvalue weighted by Crippen LogP contribution is -2.46. The molecule has 0 aromatic carbocycles. The van der Waals surface area contributed by atoms with E-state index >= 15 is 0 Å². The van der Waals surface area contributed by atoms with Crippen molar-refractivity contribution >= 4 is 0 Å². The largest absolute Gasteiger partial charge is 0.470 e. The molecule has 0 radical (unpaired) electrons. The second-order valence-corrected chi connectivity index (χ2v) is 3.99. The molecule has 1 atom stereocenters. The molecule has 1 aromatic rings. The topological polar surface area (TPSA) is 53.1 Å². The summed E-state index contributed by atoms with van der Waals surface area (Å²) in [6.45, 7) is 4.87. The minimum Gasteiger partial charge on any atom is -0.470 e. The lowest BCUT2D eigenvalue weighted by atomic mass is 9.97. The maximum absolute atomic E-state index is 5.98. The first-order valence-electron chi connectivity index (χ1n) is 4.56. The molecule has 0 saturated carbocycles. The van der Waals surface area contributed by atoms with Crippen molar-refractivity contribution in [2.75, 3.05) is 0 Å². The highest BCUT2D eigenvalue weighted by atomic mass is 16.5. The summed E-state index contributed by atoms with van der Waals surface area (Å²) in [5.74, 6) is 0.818. The van der Waals surface area contributed by atoms with Gasteiger partial charge in [0.15, 0.2) is 0 Å². The second-order valence-electron chi connectivity index (χ2n) is 3.99. The van der Waals surface area contributed by atoms with Gasteiger partial charge in [-0.2, -0.15) is 5.10 Å². The van der Waals surface area contributed by atoms with Crippen LogP contribution in [0, 0.1) is 0 Å². The van der Waals surface area contributed by atoms with Crippen LogP contribution in [0.2, 0.25) is 0 Å². The number of ether oxygens (including phenoxy) is 1. The Balaban J connectivity index is 2.32. The predicted octanol–water partition coefficient (Wildman–Crippen LogP) is 0.771. The van der Waals surface area contributed by atoms with Crippen molar-refractivity contribution in [1.29, 1.82) is 0 Å². The number of aryl methyl sites for hydroxylation is 1. The molecule has 1 aliphatic rings. The van der Waals surface area contributed by atoms with E-state index in [2.05, 4.69) is 5.10 Å². The summed E-state index contributed by atoms with van der Waals surface area (Å²) in [7, 11) is 0. The van der Waals surface area contributed by atoms with Crippen molar-refractivity contribution in [2.24, 2.45) is 5.73 Å². The summed E-state index contributed by atoms with van der Waals surface area (Å²) < 4.78 is 7.63. The Morgan fingerprint density at radius 1 is 1.69 bits per heavy atom. The van der Waals surface area contributed by atoms with Crippen molar-refractivity contribution in [3.63, 3.8) is 0 Å². The van der Waals surface area contributed by atoms with Crippen molar-refractivity contribution in [2.45, 2.75) is 38.5 Å². The van der Waals surface area contributed by atoms with Gasteiger partial charge in [-0.15, -0.1) is 0 Å². The minimum atomic E-state index is -0.297. The predicted molar refractivity (Wildman–Crippen MR) is 49.5 cm³/mol. The average molecular weight is 181 g/mol. The normalized spacial score (nSPS) is 25.9. The molecule has 1 aliphatic heterocycles. The van der Waals surface area contributed by atoms with Gasteiger partial charge in [-0.25, -0.2) is 4.68 Å². The number of aromatic nitrogens is 2. The van der Waals surface area contributed by atoms with Gasteiger partial charge in [-0.1, -0.05) is 0 Å². The number of nitrogens with two attached hydrogens (primary N) is 1. The third kappa shape index (κ3) is 1.42. The molecule has 4 heteroatoms. The summed E-state index contributed by atoms with van der Waals surface area (Å²) in [5.41, 5.74) is 5.69. The Hall–Kier alpha value is -1.03. The van der Waals surface area contributed by atoms with Gasteiger partial charge >= 0.3 is 0 Å². The molecule has 1 unspecified atom stereocenters. The minimum absolute atomic E-state index is 0.0641. The van der Waals surface area contributed by atoms with Crippen molar-refractivity contribution in [3.8, 4) is 5.88 Å². The molecular weight excluding hydrogens is 166 g/mol. The molecule has 0 amide bonds. The lowest BCUT2D eigenvalue weighted by Gasteiger charge is -2.29. The first-order valence-corrected chi connectivity index (χ1v) is 4.56. The number of fused-ring (bicyclic) bond motifs is 1. The molecule has 0 saturated heterocycles. The molecule has 72 valence electrons. The fraction of sp³-hybridized carbons (Fsp3) is 0.667. The van der Waals surface area contributed by atoms with Gasteiger partial charge in [0, 0.05) is 18.7 Å². The van der Waals surface area contributed by atoms with E-state index in [0.717, 1.165) is 18.8 Å². The molecule has 2 heterocycles. The summed E-state index contributed by atoms with van der Waals surface area (Å²) in [5, 5.41) is 4.15. The Bertz CT molecular complexity index is 306. The first kappa shape index (κ1) is 8.56. The molecule has 0 aliphatic carbocycles. The number of hydrogen-bond acceptors (Lipinski definition) is 3. The standard InChI is InChI=1S/C9H15N3O/c1-9(2)7(10)4-6-12-8(13-9)3-5-11-12/h3,5,7H,4,6,10H2,1-2H3. The molecular formula is C9H15N3O. The Kier molecular flexibility index (Phi) is 1.80. The maximum Gasteiger partial charge on any atom is 0.212 e. The van der Waals surface area contributed by atoms with Crippen LogP contribution in [0.3, 0.4) is 0 Å². The van der Waals surface area contributed by atoms with E-state index in [9.17, 15) is 0 Å². The second kappa shape index (κ2) is 2.73. The Morgan fingerprint density at radius 2 is 2.46 bits per heavy atom. The molecule has 0 bridgehead atoms. The SMILES string of the molecule is CC1(C)Oc2ccnn2CCC1N. The maximum atomic E-state index is 5.98. The van der Waals surface area contributed by atoms with Crippen molar-refractivity contribution < 1.29 is 4.74 Å². The van der Waals surface area contributed by atoms with Crippen LogP contribution >= 0.6 is 0 Å². The molecule has 13 heavy (non-hydrogen) atoms. The van der Waals surface area contributed by atoms with Crippen LogP contribution < -0.4 is 10.5 Å². The molecule has 0 fully saturated rings. The molecule has 0 spiro atoms. The third-order valence-electron chi connectivity index (χ3n) is 2.59. The van der Waals surface area contributed by atoms with Crippen LogP contribution in [0.5, 0.6) is 5.88 Å². The van der Waals surface area contributed by atoms with Gasteiger partial charge in [0.1, 0.15) is 5.60 Å². The first-order chi connectivity index (χ1) is 6.09. The Morgan fingerprint density at radius 3 is 3.23 bits per heavy atom. The summed E-state index contributed by atoms with van der Waals surface area (Å²) in [4.78, 5) is 0. The van der Waals surface area contributed by atoms with Crippen LogP contribution in [-0.2, 0) is 6.54 Å². The van der Waals surface area contributed by atoms with Crippen molar-refractivity contribution in [3.05, 3.63) is 12.3 Å². The fourth-order valence-corrected chi connectivity index (χ4v) is 1.53. The highest BCUT2D eigenvalue weighted by Crippen LogP contribution is 2.25. The zero-order valence-electron chi connectivity index (χ0n) is 8.03. The van der Waals surface area contributed by atoms with Gasteiger partial charge in [-0.05, 0) is 20.3 Å². The van der Waals surface area contributed by atoms with Gasteiger partial charge in [0.2, 0.25) is 5.88 Å². The van der Waals surface area contributed by atoms with E-state index in [-0.39, 0.29) is 11.6 Å². The molecule has 2 rings (SSSR count). The average Bonchev–Trinajstić information content (AvgIpc) is 2.43. The number of nitrogens with zero attached hydrogens (tertiary/aromatic N) is 2. The summed E-state index contributed by atoms with van der Waals surface area (Å²) in [6.07, 6.45) is 2.66. The van der Waals surface area contributed by atoms with E-state index in [0.29, 0.717) is 0 Å². The smallest absolute Gasteiger partial charge is 0.212 e. The fourth-order valence-electron chi connectivity index (χ4n) is 1.53. The van der Waals surface area contributed by atoms with Gasteiger partial charge in [0.05, 0.1) is 6.20 Å². The zero-order chi connectivity index (χ0) is 9.47. The molecule has 1 aromatic heterocycles. The monoisotopic (exact) mass is 181 g/mol. The molecule has 2 N–H and O–H groups in total. The number of hydrogen-bond donors (Lipinski definition) is 1. The van der Waals surface area contributed by atoms with E-state index in [1.165, 1.54) is 0 Å². The molecule has 4 nitrogen and oxygen atoms in total. The van der Waals surface area contributed by atoms with Crippen LogP contribution in [0.15, 0.2) is 12.3 Å². The highest BCUT2D eigenvalue weighted by molar-refractivity contribution is 5.11. The van der Waals surface area contributed by atoms with E-state index in [1.54, 1.807) is 6.20 Å². The van der Waals surface area contributed by atoms with E-state index < -0.39 is 0 Å². The third-order valence-corrected chi connectivity index (χ3v) is 2.59. The number of rotatable bonds is 0. The van der Waals surface area contributed by atoms with E-state index in [4.69, 9.17) is 10.5 Å². The quantitative estimate of drug-likeness (QED) is 0.643. The summed E-state index contributed by atoms with van der Waals surface area (Å²) in [6, 6.07) is 1.94. The Labute approximate surface area is 77.7 Å². The van der Waals surface area contributed by atoms with Crippen LogP contribution in [0.4, 0.5) is 0 Å².